The first kappa shape index (κ1) is 9.10. The fraction of sp³-hybridized carbons (Fsp3) is 0. The zero-order valence-electron chi connectivity index (χ0n) is 7.48. The lowest BCUT2D eigenvalue weighted by atomic mass is 10.3. The second-order valence-corrected chi connectivity index (χ2v) is 3.31. The maximum atomic E-state index is 5.76. The minimum Gasteiger partial charge on any atom is -0.457 e. The zero-order chi connectivity index (χ0) is 9.80. The standard InChI is InChI=1S/C12H9ClO/c13-10-6-8-12(9-7-10)14-11-4-2-1-3-5-11/h1-9H. The third-order valence-electron chi connectivity index (χ3n) is 1.79. The van der Waals surface area contributed by atoms with Crippen LogP contribution in [0.15, 0.2) is 54.6 Å². The summed E-state index contributed by atoms with van der Waals surface area (Å²) >= 11 is 5.76. The molecule has 0 N–H and O–H groups in total. The topological polar surface area (TPSA) is 9.23 Å². The van der Waals surface area contributed by atoms with E-state index in [2.05, 4.69) is 0 Å². The van der Waals surface area contributed by atoms with E-state index in [1.807, 2.05) is 42.5 Å². The Labute approximate surface area is 87.9 Å². The maximum Gasteiger partial charge on any atom is 0.127 e. The van der Waals surface area contributed by atoms with E-state index in [0.29, 0.717) is 5.02 Å². The Bertz CT molecular complexity index is 394. The van der Waals surface area contributed by atoms with Crippen molar-refractivity contribution in [1.82, 2.24) is 0 Å². The number of halogens is 1. The number of para-hydroxylation sites is 1. The van der Waals surface area contributed by atoms with E-state index >= 15 is 0 Å². The van der Waals surface area contributed by atoms with E-state index in [4.69, 9.17) is 16.3 Å². The van der Waals surface area contributed by atoms with Crippen LogP contribution in [-0.2, 0) is 0 Å². The van der Waals surface area contributed by atoms with Gasteiger partial charge in [0.05, 0.1) is 0 Å². The predicted molar refractivity (Wildman–Crippen MR) is 58.0 cm³/mol. The first-order chi connectivity index (χ1) is 6.84. The molecule has 2 aromatic carbocycles. The molecule has 0 heterocycles. The van der Waals surface area contributed by atoms with Crippen molar-refractivity contribution in [3.8, 4) is 11.5 Å². The highest BCUT2D eigenvalue weighted by molar-refractivity contribution is 6.30. The smallest absolute Gasteiger partial charge is 0.127 e. The van der Waals surface area contributed by atoms with Gasteiger partial charge < -0.3 is 4.74 Å². The molecule has 0 aliphatic carbocycles. The molecule has 0 fully saturated rings. The molecule has 0 atom stereocenters. The summed E-state index contributed by atoms with van der Waals surface area (Å²) in [4.78, 5) is 0. The normalized spacial score (nSPS) is 9.79. The molecular formula is C12H9ClO. The first-order valence-electron chi connectivity index (χ1n) is 4.33. The Balaban J connectivity index is 2.16. The molecule has 0 amide bonds. The van der Waals surface area contributed by atoms with Crippen molar-refractivity contribution in [3.63, 3.8) is 0 Å². The molecule has 70 valence electrons. The largest absolute Gasteiger partial charge is 0.457 e. The second-order valence-electron chi connectivity index (χ2n) is 2.87. The lowest BCUT2D eigenvalue weighted by Crippen LogP contribution is -1.82. The van der Waals surface area contributed by atoms with Gasteiger partial charge in [-0.25, -0.2) is 0 Å². The lowest BCUT2D eigenvalue weighted by Gasteiger charge is -2.04. The Morgan fingerprint density at radius 1 is 0.714 bits per heavy atom. The van der Waals surface area contributed by atoms with Crippen LogP contribution in [0.4, 0.5) is 0 Å². The lowest BCUT2D eigenvalue weighted by molar-refractivity contribution is 0.483. The van der Waals surface area contributed by atoms with Crippen LogP contribution in [0.25, 0.3) is 0 Å². The summed E-state index contributed by atoms with van der Waals surface area (Å²) in [5.41, 5.74) is 0. The van der Waals surface area contributed by atoms with Gasteiger partial charge in [-0.1, -0.05) is 29.8 Å². The molecule has 0 radical (unpaired) electrons. The van der Waals surface area contributed by atoms with Gasteiger partial charge in [0.1, 0.15) is 11.5 Å². The van der Waals surface area contributed by atoms with Gasteiger partial charge >= 0.3 is 0 Å². The first-order valence-corrected chi connectivity index (χ1v) is 4.71. The zero-order valence-corrected chi connectivity index (χ0v) is 8.24. The summed E-state index contributed by atoms with van der Waals surface area (Å²) in [6.07, 6.45) is 0. The van der Waals surface area contributed by atoms with Gasteiger partial charge in [-0.2, -0.15) is 0 Å². The summed E-state index contributed by atoms with van der Waals surface area (Å²) in [6.45, 7) is 0. The summed E-state index contributed by atoms with van der Waals surface area (Å²) in [5, 5.41) is 0.713. The molecule has 0 unspecified atom stereocenters. The Kier molecular flexibility index (Phi) is 2.70. The summed E-state index contributed by atoms with van der Waals surface area (Å²) in [5.74, 6) is 1.62. The number of hydrogen-bond donors (Lipinski definition) is 0. The molecule has 0 aliphatic heterocycles. The van der Waals surface area contributed by atoms with Gasteiger partial charge in [0.15, 0.2) is 0 Å². The molecule has 0 bridgehead atoms. The van der Waals surface area contributed by atoms with Gasteiger partial charge in [0, 0.05) is 5.02 Å². The average Bonchev–Trinajstić information content (AvgIpc) is 2.23. The van der Waals surface area contributed by atoms with Crippen molar-refractivity contribution in [1.29, 1.82) is 0 Å². The molecule has 2 aromatic rings. The summed E-state index contributed by atoms with van der Waals surface area (Å²) in [6, 6.07) is 16.9. The molecule has 1 nitrogen and oxygen atoms in total. The molecular weight excluding hydrogens is 196 g/mol. The van der Waals surface area contributed by atoms with Crippen LogP contribution < -0.4 is 4.74 Å². The van der Waals surface area contributed by atoms with Crippen molar-refractivity contribution < 1.29 is 4.74 Å². The third kappa shape index (κ3) is 2.27. The molecule has 0 spiro atoms. The van der Waals surface area contributed by atoms with E-state index in [0.717, 1.165) is 11.5 Å². The van der Waals surface area contributed by atoms with E-state index < -0.39 is 0 Å². The Morgan fingerprint density at radius 2 is 1.29 bits per heavy atom. The van der Waals surface area contributed by atoms with E-state index in [9.17, 15) is 0 Å². The van der Waals surface area contributed by atoms with Gasteiger partial charge in [0.2, 0.25) is 0 Å². The number of ether oxygens (including phenoxy) is 1. The van der Waals surface area contributed by atoms with Crippen LogP contribution >= 0.6 is 11.6 Å². The number of benzene rings is 2. The monoisotopic (exact) mass is 204 g/mol. The maximum absolute atomic E-state index is 5.76. The molecule has 0 aromatic heterocycles. The predicted octanol–water partition coefficient (Wildman–Crippen LogP) is 4.13. The number of rotatable bonds is 2. The van der Waals surface area contributed by atoms with E-state index in [1.54, 1.807) is 12.1 Å². The average molecular weight is 205 g/mol. The van der Waals surface area contributed by atoms with Crippen LogP contribution in [0.1, 0.15) is 0 Å². The van der Waals surface area contributed by atoms with Gasteiger partial charge in [0.25, 0.3) is 0 Å². The molecule has 0 saturated carbocycles. The fourth-order valence-corrected chi connectivity index (χ4v) is 1.25. The Morgan fingerprint density at radius 3 is 1.93 bits per heavy atom. The molecule has 0 aliphatic rings. The molecule has 2 heteroatoms. The van der Waals surface area contributed by atoms with Gasteiger partial charge in [-0.3, -0.25) is 0 Å². The highest BCUT2D eigenvalue weighted by Crippen LogP contribution is 2.22. The van der Waals surface area contributed by atoms with Crippen LogP contribution in [0.3, 0.4) is 0 Å². The Hall–Kier alpha value is -1.47. The quantitative estimate of drug-likeness (QED) is 0.715. The molecule has 14 heavy (non-hydrogen) atoms. The summed E-state index contributed by atoms with van der Waals surface area (Å²) in [7, 11) is 0. The number of hydrogen-bond acceptors (Lipinski definition) is 1. The van der Waals surface area contributed by atoms with E-state index in [-0.39, 0.29) is 0 Å². The SMILES string of the molecule is Clc1ccc(Oc2ccccc2)cc1. The highest BCUT2D eigenvalue weighted by Gasteiger charge is 1.95. The van der Waals surface area contributed by atoms with Gasteiger partial charge in [-0.15, -0.1) is 0 Å². The van der Waals surface area contributed by atoms with Crippen molar-refractivity contribution in [2.45, 2.75) is 0 Å². The van der Waals surface area contributed by atoms with Crippen molar-refractivity contribution in [2.24, 2.45) is 0 Å². The fourth-order valence-electron chi connectivity index (χ4n) is 1.13. The second kappa shape index (κ2) is 4.16. The van der Waals surface area contributed by atoms with Crippen molar-refractivity contribution >= 4 is 11.6 Å². The molecule has 2 rings (SSSR count). The van der Waals surface area contributed by atoms with Crippen molar-refractivity contribution in [3.05, 3.63) is 59.6 Å². The highest BCUT2D eigenvalue weighted by atomic mass is 35.5. The third-order valence-corrected chi connectivity index (χ3v) is 2.04. The summed E-state index contributed by atoms with van der Waals surface area (Å²) < 4.78 is 5.57. The minimum atomic E-state index is 0.713. The van der Waals surface area contributed by atoms with Crippen LogP contribution in [-0.4, -0.2) is 0 Å². The van der Waals surface area contributed by atoms with Gasteiger partial charge in [-0.05, 0) is 36.4 Å². The molecule has 0 saturated heterocycles. The van der Waals surface area contributed by atoms with E-state index in [1.165, 1.54) is 0 Å². The van der Waals surface area contributed by atoms with Crippen LogP contribution in [0.5, 0.6) is 11.5 Å². The van der Waals surface area contributed by atoms with Crippen LogP contribution in [0.2, 0.25) is 5.02 Å². The minimum absolute atomic E-state index is 0.713. The van der Waals surface area contributed by atoms with Crippen LogP contribution in [0, 0.1) is 0 Å². The van der Waals surface area contributed by atoms with Crippen molar-refractivity contribution in [2.75, 3.05) is 0 Å².